The summed E-state index contributed by atoms with van der Waals surface area (Å²) >= 11 is 0. The first-order valence-electron chi connectivity index (χ1n) is 8.57. The van der Waals surface area contributed by atoms with Crippen molar-refractivity contribution in [3.63, 3.8) is 0 Å². The van der Waals surface area contributed by atoms with Crippen LogP contribution in [0.25, 0.3) is 0 Å². The minimum absolute atomic E-state index is 0.0427. The Kier molecular flexibility index (Phi) is 5.78. The monoisotopic (exact) mass is 394 g/mol. The molecule has 0 radical (unpaired) electrons. The zero-order valence-corrected chi connectivity index (χ0v) is 16.0. The molecule has 2 heterocycles. The van der Waals surface area contributed by atoms with Gasteiger partial charge < -0.3 is 14.8 Å². The molecule has 1 aliphatic heterocycles. The van der Waals surface area contributed by atoms with E-state index in [9.17, 15) is 13.2 Å². The number of aromatic nitrogens is 2. The summed E-state index contributed by atoms with van der Waals surface area (Å²) in [7, 11) is -3.67. The molecule has 2 N–H and O–H groups in total. The number of hydrogen-bond acceptors (Lipinski definition) is 6. The predicted octanol–water partition coefficient (Wildman–Crippen LogP) is 1.47. The van der Waals surface area contributed by atoms with E-state index in [1.54, 1.807) is 18.2 Å². The standard InChI is InChI=1S/C17H22N4O5S/c1-12(2)26-16-11-15(19-20-16)18-17(22)13-4-3-5-14(10-13)27(23,24)21-6-8-25-9-7-21/h3-5,10-12H,6-9H2,1-2H3,(H2,18,19,20,22). The second-order valence-corrected chi connectivity index (χ2v) is 8.22. The highest BCUT2D eigenvalue weighted by atomic mass is 32.2. The molecule has 1 fully saturated rings. The lowest BCUT2D eigenvalue weighted by Crippen LogP contribution is -2.40. The van der Waals surface area contributed by atoms with Crippen LogP contribution in [0.2, 0.25) is 0 Å². The molecule has 9 nitrogen and oxygen atoms in total. The molecular formula is C17H22N4O5S. The van der Waals surface area contributed by atoms with E-state index >= 15 is 0 Å². The predicted molar refractivity (Wildman–Crippen MR) is 98.3 cm³/mol. The van der Waals surface area contributed by atoms with Gasteiger partial charge in [-0.05, 0) is 32.0 Å². The second-order valence-electron chi connectivity index (χ2n) is 6.28. The van der Waals surface area contributed by atoms with Crippen molar-refractivity contribution in [1.29, 1.82) is 0 Å². The van der Waals surface area contributed by atoms with Crippen LogP contribution < -0.4 is 10.1 Å². The molecule has 0 unspecified atom stereocenters. The van der Waals surface area contributed by atoms with Crippen LogP contribution in [-0.2, 0) is 14.8 Å². The summed E-state index contributed by atoms with van der Waals surface area (Å²) in [5, 5.41) is 9.25. The Bertz CT molecular complexity index is 904. The van der Waals surface area contributed by atoms with Crippen molar-refractivity contribution in [3.05, 3.63) is 35.9 Å². The number of carbonyl (C=O) groups is 1. The molecule has 0 aliphatic carbocycles. The molecular weight excluding hydrogens is 372 g/mol. The van der Waals surface area contributed by atoms with Gasteiger partial charge in [-0.2, -0.15) is 4.31 Å². The third-order valence-corrected chi connectivity index (χ3v) is 5.76. The minimum Gasteiger partial charge on any atom is -0.474 e. The molecule has 1 aromatic carbocycles. The molecule has 0 bridgehead atoms. The third kappa shape index (κ3) is 4.65. The fourth-order valence-corrected chi connectivity index (χ4v) is 4.05. The highest BCUT2D eigenvalue weighted by Crippen LogP contribution is 2.20. The van der Waals surface area contributed by atoms with E-state index in [2.05, 4.69) is 15.5 Å². The lowest BCUT2D eigenvalue weighted by molar-refractivity contribution is 0.0730. The maximum absolute atomic E-state index is 12.7. The summed E-state index contributed by atoms with van der Waals surface area (Å²) in [6.07, 6.45) is -0.0427. The SMILES string of the molecule is CC(C)Oc1cc(NC(=O)c2cccc(S(=O)(=O)N3CCOCC3)c2)[nH]n1. The number of sulfonamides is 1. The zero-order chi connectivity index (χ0) is 19.4. The topological polar surface area (TPSA) is 114 Å². The first-order chi connectivity index (χ1) is 12.9. The number of anilines is 1. The Labute approximate surface area is 157 Å². The molecule has 1 aliphatic rings. The Morgan fingerprint density at radius 3 is 2.74 bits per heavy atom. The van der Waals surface area contributed by atoms with Crippen molar-refractivity contribution in [2.75, 3.05) is 31.6 Å². The van der Waals surface area contributed by atoms with E-state index in [1.807, 2.05) is 13.8 Å². The van der Waals surface area contributed by atoms with Gasteiger partial charge in [0.25, 0.3) is 5.91 Å². The van der Waals surface area contributed by atoms with Crippen LogP contribution in [0, 0.1) is 0 Å². The fourth-order valence-electron chi connectivity index (χ4n) is 2.60. The van der Waals surface area contributed by atoms with Gasteiger partial charge in [0.15, 0.2) is 0 Å². The molecule has 2 aromatic rings. The van der Waals surface area contributed by atoms with Gasteiger partial charge in [-0.25, -0.2) is 8.42 Å². The summed E-state index contributed by atoms with van der Waals surface area (Å²) in [5.74, 6) is 0.273. The van der Waals surface area contributed by atoms with Crippen LogP contribution in [0.3, 0.4) is 0 Å². The van der Waals surface area contributed by atoms with Crippen molar-refractivity contribution >= 4 is 21.7 Å². The van der Waals surface area contributed by atoms with Crippen LogP contribution in [0.15, 0.2) is 35.2 Å². The first-order valence-corrected chi connectivity index (χ1v) is 10.0. The number of morpholine rings is 1. The molecule has 10 heteroatoms. The number of aromatic amines is 1. The van der Waals surface area contributed by atoms with E-state index in [0.717, 1.165) is 0 Å². The number of nitrogens with one attached hydrogen (secondary N) is 2. The van der Waals surface area contributed by atoms with Gasteiger partial charge in [0.2, 0.25) is 15.9 Å². The fraction of sp³-hybridized carbons (Fsp3) is 0.412. The average molecular weight is 394 g/mol. The average Bonchev–Trinajstić information content (AvgIpc) is 3.08. The summed E-state index contributed by atoms with van der Waals surface area (Å²) in [6, 6.07) is 7.50. The van der Waals surface area contributed by atoms with Gasteiger partial charge >= 0.3 is 0 Å². The smallest absolute Gasteiger partial charge is 0.256 e. The van der Waals surface area contributed by atoms with Crippen LogP contribution in [-0.4, -0.2) is 61.2 Å². The summed E-state index contributed by atoms with van der Waals surface area (Å²) in [4.78, 5) is 12.5. The molecule has 0 spiro atoms. The number of carbonyl (C=O) groups excluding carboxylic acids is 1. The minimum atomic E-state index is -3.67. The maximum atomic E-state index is 12.7. The number of H-pyrrole nitrogens is 1. The third-order valence-electron chi connectivity index (χ3n) is 3.86. The Balaban J connectivity index is 1.74. The lowest BCUT2D eigenvalue weighted by Gasteiger charge is -2.26. The van der Waals surface area contributed by atoms with E-state index in [1.165, 1.54) is 16.4 Å². The van der Waals surface area contributed by atoms with Gasteiger partial charge in [0, 0.05) is 24.7 Å². The number of nitrogens with zero attached hydrogens (tertiary/aromatic N) is 2. The van der Waals surface area contributed by atoms with Gasteiger partial charge in [0.1, 0.15) is 5.82 Å². The number of amides is 1. The normalized spacial score (nSPS) is 15.7. The van der Waals surface area contributed by atoms with E-state index < -0.39 is 15.9 Å². The zero-order valence-electron chi connectivity index (χ0n) is 15.1. The Morgan fingerprint density at radius 2 is 2.04 bits per heavy atom. The lowest BCUT2D eigenvalue weighted by atomic mass is 10.2. The van der Waals surface area contributed by atoms with Crippen molar-refractivity contribution < 1.29 is 22.7 Å². The summed E-state index contributed by atoms with van der Waals surface area (Å²) < 4.78 is 37.4. The van der Waals surface area contributed by atoms with Crippen molar-refractivity contribution in [2.24, 2.45) is 0 Å². The van der Waals surface area contributed by atoms with Crippen molar-refractivity contribution in [3.8, 4) is 5.88 Å². The molecule has 1 saturated heterocycles. The van der Waals surface area contributed by atoms with Crippen LogP contribution in [0.4, 0.5) is 5.82 Å². The molecule has 146 valence electrons. The molecule has 0 atom stereocenters. The summed E-state index contributed by atoms with van der Waals surface area (Å²) in [5.41, 5.74) is 0.227. The van der Waals surface area contributed by atoms with Crippen molar-refractivity contribution in [2.45, 2.75) is 24.8 Å². The highest BCUT2D eigenvalue weighted by Gasteiger charge is 2.26. The van der Waals surface area contributed by atoms with Gasteiger partial charge in [-0.1, -0.05) is 6.07 Å². The number of benzene rings is 1. The van der Waals surface area contributed by atoms with E-state index in [-0.39, 0.29) is 16.6 Å². The Hall–Kier alpha value is -2.43. The number of hydrogen-bond donors (Lipinski definition) is 2. The summed E-state index contributed by atoms with van der Waals surface area (Å²) in [6.45, 7) is 5.05. The molecule has 0 saturated carbocycles. The Morgan fingerprint density at radius 1 is 1.30 bits per heavy atom. The number of ether oxygens (including phenoxy) is 2. The molecule has 1 aromatic heterocycles. The molecule has 3 rings (SSSR count). The maximum Gasteiger partial charge on any atom is 0.256 e. The highest BCUT2D eigenvalue weighted by molar-refractivity contribution is 7.89. The second kappa shape index (κ2) is 8.07. The molecule has 1 amide bonds. The quantitative estimate of drug-likeness (QED) is 0.767. The van der Waals surface area contributed by atoms with Crippen molar-refractivity contribution in [1.82, 2.24) is 14.5 Å². The van der Waals surface area contributed by atoms with Gasteiger partial charge in [-0.3, -0.25) is 9.89 Å². The van der Waals surface area contributed by atoms with E-state index in [0.29, 0.717) is 38.0 Å². The first kappa shape index (κ1) is 19.3. The van der Waals surface area contributed by atoms with Gasteiger partial charge in [-0.15, -0.1) is 5.10 Å². The van der Waals surface area contributed by atoms with Crippen LogP contribution in [0.5, 0.6) is 5.88 Å². The van der Waals surface area contributed by atoms with Crippen LogP contribution in [0.1, 0.15) is 24.2 Å². The van der Waals surface area contributed by atoms with Crippen LogP contribution >= 0.6 is 0 Å². The molecule has 27 heavy (non-hydrogen) atoms. The largest absolute Gasteiger partial charge is 0.474 e. The van der Waals surface area contributed by atoms with E-state index in [4.69, 9.17) is 9.47 Å². The van der Waals surface area contributed by atoms with Gasteiger partial charge in [0.05, 0.1) is 24.2 Å². The number of rotatable bonds is 6.